The molecule has 0 radical (unpaired) electrons. The maximum absolute atomic E-state index is 12.4. The van der Waals surface area contributed by atoms with Crippen LogP contribution in [0.1, 0.15) is 24.8 Å². The lowest BCUT2D eigenvalue weighted by Crippen LogP contribution is -2.47. The van der Waals surface area contributed by atoms with Crippen LogP contribution in [-0.2, 0) is 16.0 Å². The first kappa shape index (κ1) is 15.5. The predicted octanol–water partition coefficient (Wildman–Crippen LogP) is 1.28. The van der Waals surface area contributed by atoms with Gasteiger partial charge in [0, 0.05) is 13.1 Å². The molecule has 1 aliphatic rings. The fraction of sp³-hybridized carbons (Fsp3) is 0.500. The number of nitrogens with zero attached hydrogens (tertiary/aromatic N) is 1. The Bertz CT molecular complexity index is 470. The second kappa shape index (κ2) is 7.78. The van der Waals surface area contributed by atoms with Gasteiger partial charge in [0.25, 0.3) is 0 Å². The summed E-state index contributed by atoms with van der Waals surface area (Å²) in [7, 11) is 0. The average Bonchev–Trinajstić information content (AvgIpc) is 3.02. The summed E-state index contributed by atoms with van der Waals surface area (Å²) >= 11 is 0. The van der Waals surface area contributed by atoms with Crippen LogP contribution in [0.3, 0.4) is 0 Å². The Morgan fingerprint density at radius 1 is 1.19 bits per heavy atom. The zero-order valence-corrected chi connectivity index (χ0v) is 12.1. The minimum atomic E-state index is -0.936. The van der Waals surface area contributed by atoms with E-state index in [0.29, 0.717) is 6.42 Å². The Kier molecular flexibility index (Phi) is 5.75. The van der Waals surface area contributed by atoms with Crippen LogP contribution in [0.4, 0.5) is 0 Å². The van der Waals surface area contributed by atoms with Gasteiger partial charge in [-0.1, -0.05) is 30.3 Å². The van der Waals surface area contributed by atoms with E-state index in [1.807, 2.05) is 35.2 Å². The molecule has 1 aromatic carbocycles. The molecule has 1 amide bonds. The van der Waals surface area contributed by atoms with Crippen molar-refractivity contribution in [1.82, 2.24) is 10.2 Å². The van der Waals surface area contributed by atoms with Crippen molar-refractivity contribution in [2.24, 2.45) is 0 Å². The minimum Gasteiger partial charge on any atom is -0.480 e. The maximum Gasteiger partial charge on any atom is 0.317 e. The van der Waals surface area contributed by atoms with E-state index in [0.717, 1.165) is 37.9 Å². The van der Waals surface area contributed by atoms with Crippen LogP contribution in [0.15, 0.2) is 30.3 Å². The Morgan fingerprint density at radius 3 is 2.48 bits per heavy atom. The summed E-state index contributed by atoms with van der Waals surface area (Å²) in [5, 5.41) is 11.7. The number of amides is 1. The zero-order valence-electron chi connectivity index (χ0n) is 12.1. The highest BCUT2D eigenvalue weighted by molar-refractivity contribution is 5.82. The van der Waals surface area contributed by atoms with Crippen molar-refractivity contribution in [2.45, 2.75) is 31.7 Å². The number of benzene rings is 1. The molecular weight excluding hydrogens is 268 g/mol. The number of carbonyl (C=O) groups is 2. The van der Waals surface area contributed by atoms with Crippen molar-refractivity contribution in [3.8, 4) is 0 Å². The molecular formula is C16H22N2O3. The zero-order chi connectivity index (χ0) is 15.1. The van der Waals surface area contributed by atoms with Crippen molar-refractivity contribution in [2.75, 3.05) is 19.6 Å². The molecule has 0 saturated carbocycles. The number of aryl methyl sites for hydroxylation is 1. The van der Waals surface area contributed by atoms with Gasteiger partial charge in [-0.15, -0.1) is 0 Å². The molecule has 1 fully saturated rings. The summed E-state index contributed by atoms with van der Waals surface area (Å²) in [5.41, 5.74) is 1.16. The molecule has 1 heterocycles. The van der Waals surface area contributed by atoms with Gasteiger partial charge < -0.3 is 10.0 Å². The summed E-state index contributed by atoms with van der Waals surface area (Å²) < 4.78 is 0. The molecule has 21 heavy (non-hydrogen) atoms. The topological polar surface area (TPSA) is 69.6 Å². The number of likely N-dealkylation sites (tertiary alicyclic amines) is 1. The standard InChI is InChI=1S/C16H22N2O3/c19-15(20)12-17-14(16(21)18-10-4-5-11-18)9-8-13-6-2-1-3-7-13/h1-3,6-7,14,17H,4-5,8-12H2,(H,19,20). The van der Waals surface area contributed by atoms with Gasteiger partial charge in [0.2, 0.25) is 5.91 Å². The molecule has 1 saturated heterocycles. The van der Waals surface area contributed by atoms with E-state index in [4.69, 9.17) is 5.11 Å². The van der Waals surface area contributed by atoms with Crippen LogP contribution in [0, 0.1) is 0 Å². The van der Waals surface area contributed by atoms with Gasteiger partial charge in [-0.3, -0.25) is 14.9 Å². The SMILES string of the molecule is O=C(O)CNC(CCc1ccccc1)C(=O)N1CCCC1. The summed E-state index contributed by atoms with van der Waals surface area (Å²) in [6.07, 6.45) is 3.45. The molecule has 2 rings (SSSR count). The van der Waals surface area contributed by atoms with E-state index >= 15 is 0 Å². The number of carbonyl (C=O) groups excluding carboxylic acids is 1. The maximum atomic E-state index is 12.4. The highest BCUT2D eigenvalue weighted by atomic mass is 16.4. The Hall–Kier alpha value is -1.88. The first-order valence-electron chi connectivity index (χ1n) is 7.44. The smallest absolute Gasteiger partial charge is 0.317 e. The van der Waals surface area contributed by atoms with Crippen molar-refractivity contribution >= 4 is 11.9 Å². The number of carboxylic acids is 1. The fourth-order valence-corrected chi connectivity index (χ4v) is 2.64. The highest BCUT2D eigenvalue weighted by Gasteiger charge is 2.26. The average molecular weight is 290 g/mol. The summed E-state index contributed by atoms with van der Waals surface area (Å²) in [5.74, 6) is -0.904. The molecule has 5 heteroatoms. The van der Waals surface area contributed by atoms with Crippen molar-refractivity contribution in [1.29, 1.82) is 0 Å². The third-order valence-electron chi connectivity index (χ3n) is 3.78. The van der Waals surface area contributed by atoms with Crippen LogP contribution in [0.5, 0.6) is 0 Å². The van der Waals surface area contributed by atoms with Crippen LogP contribution < -0.4 is 5.32 Å². The van der Waals surface area contributed by atoms with Gasteiger partial charge in [0.05, 0.1) is 12.6 Å². The largest absolute Gasteiger partial charge is 0.480 e. The number of aliphatic carboxylic acids is 1. The number of hydrogen-bond acceptors (Lipinski definition) is 3. The first-order chi connectivity index (χ1) is 10.2. The number of nitrogens with one attached hydrogen (secondary N) is 1. The van der Waals surface area contributed by atoms with E-state index < -0.39 is 12.0 Å². The predicted molar refractivity (Wildman–Crippen MR) is 80.0 cm³/mol. The fourth-order valence-electron chi connectivity index (χ4n) is 2.64. The third-order valence-corrected chi connectivity index (χ3v) is 3.78. The third kappa shape index (κ3) is 4.86. The Morgan fingerprint density at radius 2 is 1.86 bits per heavy atom. The van der Waals surface area contributed by atoms with Gasteiger partial charge in [0.15, 0.2) is 0 Å². The number of rotatable bonds is 7. The van der Waals surface area contributed by atoms with Crippen molar-refractivity contribution in [3.63, 3.8) is 0 Å². The normalized spacial score (nSPS) is 15.9. The molecule has 0 spiro atoms. The summed E-state index contributed by atoms with van der Waals surface area (Å²) in [6, 6.07) is 9.52. The summed E-state index contributed by atoms with van der Waals surface area (Å²) in [6.45, 7) is 1.39. The van der Waals surface area contributed by atoms with Crippen molar-refractivity contribution < 1.29 is 14.7 Å². The van der Waals surface area contributed by atoms with Gasteiger partial charge in [0.1, 0.15) is 0 Å². The molecule has 1 atom stereocenters. The lowest BCUT2D eigenvalue weighted by molar-refractivity contribution is -0.137. The second-order valence-electron chi connectivity index (χ2n) is 5.38. The van der Waals surface area contributed by atoms with Crippen LogP contribution >= 0.6 is 0 Å². The van der Waals surface area contributed by atoms with Crippen LogP contribution in [0.2, 0.25) is 0 Å². The molecule has 0 aromatic heterocycles. The van der Waals surface area contributed by atoms with Crippen LogP contribution in [-0.4, -0.2) is 47.6 Å². The lowest BCUT2D eigenvalue weighted by atomic mass is 10.0. The monoisotopic (exact) mass is 290 g/mol. The van der Waals surface area contributed by atoms with E-state index in [9.17, 15) is 9.59 Å². The van der Waals surface area contributed by atoms with E-state index in [1.54, 1.807) is 0 Å². The molecule has 0 bridgehead atoms. The Labute approximate surface area is 125 Å². The minimum absolute atomic E-state index is 0.0321. The van der Waals surface area contributed by atoms with Crippen LogP contribution in [0.25, 0.3) is 0 Å². The molecule has 114 valence electrons. The quantitative estimate of drug-likeness (QED) is 0.794. The Balaban J connectivity index is 1.93. The highest BCUT2D eigenvalue weighted by Crippen LogP contribution is 2.12. The van der Waals surface area contributed by atoms with Gasteiger partial charge in [-0.05, 0) is 31.2 Å². The molecule has 1 unspecified atom stereocenters. The van der Waals surface area contributed by atoms with E-state index in [2.05, 4.69) is 5.32 Å². The molecule has 2 N–H and O–H groups in total. The van der Waals surface area contributed by atoms with Crippen molar-refractivity contribution in [3.05, 3.63) is 35.9 Å². The first-order valence-corrected chi connectivity index (χ1v) is 7.44. The van der Waals surface area contributed by atoms with Gasteiger partial charge in [-0.25, -0.2) is 0 Å². The number of carboxylic acid groups (broad SMARTS) is 1. The second-order valence-corrected chi connectivity index (χ2v) is 5.38. The lowest BCUT2D eigenvalue weighted by Gasteiger charge is -2.23. The number of hydrogen-bond donors (Lipinski definition) is 2. The van der Waals surface area contributed by atoms with E-state index in [1.165, 1.54) is 0 Å². The molecule has 1 aliphatic heterocycles. The van der Waals surface area contributed by atoms with Gasteiger partial charge >= 0.3 is 5.97 Å². The molecule has 5 nitrogen and oxygen atoms in total. The van der Waals surface area contributed by atoms with Gasteiger partial charge in [-0.2, -0.15) is 0 Å². The summed E-state index contributed by atoms with van der Waals surface area (Å²) in [4.78, 5) is 25.0. The molecule has 0 aliphatic carbocycles. The molecule has 1 aromatic rings. The van der Waals surface area contributed by atoms with E-state index in [-0.39, 0.29) is 12.5 Å².